The first-order valence-electron chi connectivity index (χ1n) is 7.54. The van der Waals surface area contributed by atoms with Gasteiger partial charge in [0.05, 0.1) is 11.3 Å². The van der Waals surface area contributed by atoms with Crippen molar-refractivity contribution in [3.8, 4) is 0 Å². The number of amides is 1. The Bertz CT molecular complexity index is 441. The van der Waals surface area contributed by atoms with Gasteiger partial charge in [0.2, 0.25) is 0 Å². The average Bonchev–Trinajstić information content (AvgIpc) is 2.76. The molecule has 0 unspecified atom stereocenters. The number of nitrogens with zero attached hydrogens (tertiary/aromatic N) is 2. The van der Waals surface area contributed by atoms with Gasteiger partial charge in [-0.25, -0.2) is 0 Å². The molecular weight excluding hydrogens is 252 g/mol. The maximum atomic E-state index is 12.8. The van der Waals surface area contributed by atoms with Crippen molar-refractivity contribution in [3.63, 3.8) is 0 Å². The molecule has 1 aromatic heterocycles. The number of carbonyl (C=O) groups is 1. The quantitative estimate of drug-likeness (QED) is 0.884. The van der Waals surface area contributed by atoms with Crippen LogP contribution in [-0.2, 0) is 0 Å². The van der Waals surface area contributed by atoms with Crippen LogP contribution in [0, 0.1) is 19.8 Å². The Hall–Kier alpha value is -1.36. The van der Waals surface area contributed by atoms with E-state index in [2.05, 4.69) is 29.4 Å². The first-order chi connectivity index (χ1) is 9.50. The van der Waals surface area contributed by atoms with Crippen LogP contribution in [0.5, 0.6) is 0 Å². The SMILES string of the molecule is Cc1n[nH]c(C)c1C(=O)N(CC1CCNCC1)C(C)C. The molecule has 1 amide bonds. The average molecular weight is 278 g/mol. The third kappa shape index (κ3) is 3.20. The maximum Gasteiger partial charge on any atom is 0.257 e. The van der Waals surface area contributed by atoms with E-state index in [1.54, 1.807) is 0 Å². The molecule has 0 aromatic carbocycles. The van der Waals surface area contributed by atoms with Crippen LogP contribution in [0.1, 0.15) is 48.4 Å². The largest absolute Gasteiger partial charge is 0.336 e. The zero-order valence-corrected chi connectivity index (χ0v) is 13.0. The van der Waals surface area contributed by atoms with E-state index in [0.717, 1.165) is 49.4 Å². The van der Waals surface area contributed by atoms with Crippen LogP contribution in [0.3, 0.4) is 0 Å². The van der Waals surface area contributed by atoms with Gasteiger partial charge in [-0.2, -0.15) is 5.10 Å². The lowest BCUT2D eigenvalue weighted by molar-refractivity contribution is 0.0656. The Morgan fingerprint density at radius 1 is 1.35 bits per heavy atom. The van der Waals surface area contributed by atoms with Crippen LogP contribution in [-0.4, -0.2) is 46.7 Å². The van der Waals surface area contributed by atoms with Gasteiger partial charge in [-0.05, 0) is 59.5 Å². The molecule has 0 saturated carbocycles. The van der Waals surface area contributed by atoms with E-state index in [0.29, 0.717) is 5.92 Å². The van der Waals surface area contributed by atoms with Crippen LogP contribution in [0.15, 0.2) is 0 Å². The van der Waals surface area contributed by atoms with E-state index in [4.69, 9.17) is 0 Å². The molecule has 0 atom stereocenters. The molecule has 1 aliphatic heterocycles. The number of aromatic amines is 1. The van der Waals surface area contributed by atoms with Crippen LogP contribution >= 0.6 is 0 Å². The zero-order chi connectivity index (χ0) is 14.7. The van der Waals surface area contributed by atoms with Gasteiger partial charge < -0.3 is 10.2 Å². The van der Waals surface area contributed by atoms with Gasteiger partial charge in [0.15, 0.2) is 0 Å². The minimum absolute atomic E-state index is 0.113. The molecule has 5 nitrogen and oxygen atoms in total. The standard InChI is InChI=1S/C15H26N4O/c1-10(2)19(9-13-5-7-16-8-6-13)15(20)14-11(3)17-18-12(14)4/h10,13,16H,5-9H2,1-4H3,(H,17,18). The third-order valence-electron chi connectivity index (χ3n) is 4.14. The smallest absolute Gasteiger partial charge is 0.257 e. The Morgan fingerprint density at radius 3 is 2.50 bits per heavy atom. The fourth-order valence-corrected chi connectivity index (χ4v) is 2.88. The predicted octanol–water partition coefficient (Wildman–Crippen LogP) is 1.88. The van der Waals surface area contributed by atoms with Crippen molar-refractivity contribution in [2.75, 3.05) is 19.6 Å². The summed E-state index contributed by atoms with van der Waals surface area (Å²) in [5.74, 6) is 0.720. The summed E-state index contributed by atoms with van der Waals surface area (Å²) in [4.78, 5) is 14.8. The summed E-state index contributed by atoms with van der Waals surface area (Å²) in [6, 6.07) is 0.214. The number of aryl methyl sites for hydroxylation is 2. The molecule has 0 aliphatic carbocycles. The summed E-state index contributed by atoms with van der Waals surface area (Å²) >= 11 is 0. The van der Waals surface area contributed by atoms with Crippen molar-refractivity contribution >= 4 is 5.91 Å². The summed E-state index contributed by atoms with van der Waals surface area (Å²) in [7, 11) is 0. The zero-order valence-electron chi connectivity index (χ0n) is 13.0. The summed E-state index contributed by atoms with van der Waals surface area (Å²) in [5.41, 5.74) is 2.40. The van der Waals surface area contributed by atoms with Gasteiger partial charge in [-0.3, -0.25) is 9.89 Å². The molecule has 0 radical (unpaired) electrons. The number of hydrogen-bond donors (Lipinski definition) is 2. The number of aromatic nitrogens is 2. The second-order valence-electron chi connectivity index (χ2n) is 6.05. The maximum absolute atomic E-state index is 12.8. The lowest BCUT2D eigenvalue weighted by Gasteiger charge is -2.33. The molecule has 112 valence electrons. The number of piperidine rings is 1. The second-order valence-corrected chi connectivity index (χ2v) is 6.05. The summed E-state index contributed by atoms with van der Waals surface area (Å²) in [5, 5.41) is 10.4. The molecule has 1 fully saturated rings. The highest BCUT2D eigenvalue weighted by molar-refractivity contribution is 5.96. The molecule has 2 heterocycles. The van der Waals surface area contributed by atoms with Gasteiger partial charge in [-0.1, -0.05) is 0 Å². The monoisotopic (exact) mass is 278 g/mol. The second kappa shape index (κ2) is 6.39. The molecule has 1 saturated heterocycles. The predicted molar refractivity (Wildman–Crippen MR) is 79.8 cm³/mol. The summed E-state index contributed by atoms with van der Waals surface area (Å²) in [6.45, 7) is 11.0. The first kappa shape index (κ1) is 15.0. The van der Waals surface area contributed by atoms with E-state index in [-0.39, 0.29) is 11.9 Å². The first-order valence-corrected chi connectivity index (χ1v) is 7.54. The van der Waals surface area contributed by atoms with Crippen LogP contribution in [0.4, 0.5) is 0 Å². The molecule has 20 heavy (non-hydrogen) atoms. The molecule has 0 spiro atoms. The number of H-pyrrole nitrogens is 1. The molecule has 2 N–H and O–H groups in total. The Morgan fingerprint density at radius 2 is 2.00 bits per heavy atom. The van der Waals surface area contributed by atoms with Crippen molar-refractivity contribution in [2.45, 2.75) is 46.6 Å². The number of rotatable bonds is 4. The van der Waals surface area contributed by atoms with Gasteiger partial charge in [0, 0.05) is 18.3 Å². The van der Waals surface area contributed by atoms with Gasteiger partial charge in [-0.15, -0.1) is 0 Å². The summed E-state index contributed by atoms with van der Waals surface area (Å²) < 4.78 is 0. The fourth-order valence-electron chi connectivity index (χ4n) is 2.88. The Kier molecular flexibility index (Phi) is 4.81. The summed E-state index contributed by atoms with van der Waals surface area (Å²) in [6.07, 6.45) is 2.31. The van der Waals surface area contributed by atoms with Crippen molar-refractivity contribution in [1.82, 2.24) is 20.4 Å². The number of hydrogen-bond acceptors (Lipinski definition) is 3. The lowest BCUT2D eigenvalue weighted by Crippen LogP contribution is -2.43. The lowest BCUT2D eigenvalue weighted by atomic mass is 9.96. The Balaban J connectivity index is 2.13. The van der Waals surface area contributed by atoms with Gasteiger partial charge in [0.1, 0.15) is 0 Å². The Labute approximate surface area is 121 Å². The molecule has 0 bridgehead atoms. The molecule has 1 aliphatic rings. The van der Waals surface area contributed by atoms with Crippen LogP contribution in [0.25, 0.3) is 0 Å². The van der Waals surface area contributed by atoms with E-state index in [1.807, 2.05) is 18.7 Å². The molecule has 2 rings (SSSR count). The topological polar surface area (TPSA) is 61.0 Å². The minimum atomic E-state index is 0.113. The van der Waals surface area contributed by atoms with E-state index >= 15 is 0 Å². The van der Waals surface area contributed by atoms with Crippen LogP contribution in [0.2, 0.25) is 0 Å². The fraction of sp³-hybridized carbons (Fsp3) is 0.733. The molecule has 1 aromatic rings. The van der Waals surface area contributed by atoms with E-state index in [9.17, 15) is 4.79 Å². The highest BCUT2D eigenvalue weighted by atomic mass is 16.2. The molecule has 5 heteroatoms. The van der Waals surface area contributed by atoms with Crippen molar-refractivity contribution < 1.29 is 4.79 Å². The van der Waals surface area contributed by atoms with E-state index < -0.39 is 0 Å². The number of carbonyl (C=O) groups excluding carboxylic acids is 1. The minimum Gasteiger partial charge on any atom is -0.336 e. The number of nitrogens with one attached hydrogen (secondary N) is 2. The normalized spacial score (nSPS) is 16.6. The highest BCUT2D eigenvalue weighted by Crippen LogP contribution is 2.19. The van der Waals surface area contributed by atoms with Gasteiger partial charge >= 0.3 is 0 Å². The van der Waals surface area contributed by atoms with Crippen molar-refractivity contribution in [1.29, 1.82) is 0 Å². The highest BCUT2D eigenvalue weighted by Gasteiger charge is 2.26. The van der Waals surface area contributed by atoms with Gasteiger partial charge in [0.25, 0.3) is 5.91 Å². The van der Waals surface area contributed by atoms with Crippen LogP contribution < -0.4 is 5.32 Å². The third-order valence-corrected chi connectivity index (χ3v) is 4.14. The van der Waals surface area contributed by atoms with E-state index in [1.165, 1.54) is 0 Å². The molecular formula is C15H26N4O. The van der Waals surface area contributed by atoms with Crippen molar-refractivity contribution in [2.24, 2.45) is 5.92 Å². The van der Waals surface area contributed by atoms with Crippen molar-refractivity contribution in [3.05, 3.63) is 17.0 Å².